The van der Waals surface area contributed by atoms with Gasteiger partial charge in [0.1, 0.15) is 0 Å². The third-order valence-corrected chi connectivity index (χ3v) is 4.31. The lowest BCUT2D eigenvalue weighted by atomic mass is 9.95. The Labute approximate surface area is 123 Å². The molecule has 0 N–H and O–H groups in total. The number of pyridine rings is 2. The van der Waals surface area contributed by atoms with Gasteiger partial charge in [-0.05, 0) is 31.4 Å². The zero-order chi connectivity index (χ0) is 14.1. The summed E-state index contributed by atoms with van der Waals surface area (Å²) in [6.45, 7) is 2.15. The lowest BCUT2D eigenvalue weighted by Gasteiger charge is -2.21. The molecule has 0 bridgehead atoms. The monoisotopic (exact) mass is 287 g/mol. The van der Waals surface area contributed by atoms with Gasteiger partial charge in [0.15, 0.2) is 5.43 Å². The molecule has 2 nitrogen and oxygen atoms in total. The maximum atomic E-state index is 12.8. The number of allylic oxidation sites excluding steroid dienone is 2. The average molecular weight is 288 g/mol. The standard InChI is InChI=1S/C17H18ClNO/c1-2-3-7-12-15-10-4-5-11-19(15)16-13(17(12)20)8-6-9-14(16)18/h4-6,9-11,14H,2-3,7-8H2,1H3. The Morgan fingerprint density at radius 1 is 1.40 bits per heavy atom. The normalized spacial score (nSPS) is 17.4. The number of aromatic nitrogens is 1. The van der Waals surface area contributed by atoms with Gasteiger partial charge in [-0.3, -0.25) is 4.79 Å². The molecule has 2 heterocycles. The Morgan fingerprint density at radius 2 is 2.25 bits per heavy atom. The molecule has 1 atom stereocenters. The lowest BCUT2D eigenvalue weighted by molar-refractivity contribution is 0.784. The van der Waals surface area contributed by atoms with Crippen LogP contribution in [0.15, 0.2) is 41.3 Å². The average Bonchev–Trinajstić information content (AvgIpc) is 2.47. The largest absolute Gasteiger partial charge is 0.318 e. The van der Waals surface area contributed by atoms with Crippen LogP contribution in [0.4, 0.5) is 0 Å². The number of nitrogens with zero attached hydrogens (tertiary/aromatic N) is 1. The van der Waals surface area contributed by atoms with Crippen molar-refractivity contribution < 1.29 is 0 Å². The maximum Gasteiger partial charge on any atom is 0.189 e. The molecule has 0 saturated carbocycles. The fraction of sp³-hybridized carbons (Fsp3) is 0.353. The van der Waals surface area contributed by atoms with Crippen LogP contribution in [-0.4, -0.2) is 4.40 Å². The summed E-state index contributed by atoms with van der Waals surface area (Å²) in [5, 5.41) is -0.221. The molecule has 0 saturated heterocycles. The van der Waals surface area contributed by atoms with Gasteiger partial charge in [0.05, 0.1) is 16.6 Å². The molecule has 0 aliphatic heterocycles. The predicted octanol–water partition coefficient (Wildman–Crippen LogP) is 4.03. The zero-order valence-electron chi connectivity index (χ0n) is 11.6. The molecule has 0 fully saturated rings. The van der Waals surface area contributed by atoms with Gasteiger partial charge in [-0.15, -0.1) is 11.6 Å². The highest BCUT2D eigenvalue weighted by atomic mass is 35.5. The summed E-state index contributed by atoms with van der Waals surface area (Å²) in [4.78, 5) is 12.8. The van der Waals surface area contributed by atoms with Crippen LogP contribution in [0.2, 0.25) is 0 Å². The van der Waals surface area contributed by atoms with Gasteiger partial charge in [-0.1, -0.05) is 31.6 Å². The molecule has 3 rings (SSSR count). The molecule has 0 radical (unpaired) electrons. The Hall–Kier alpha value is -1.54. The van der Waals surface area contributed by atoms with E-state index in [1.165, 1.54) is 0 Å². The van der Waals surface area contributed by atoms with Crippen molar-refractivity contribution in [2.24, 2.45) is 0 Å². The minimum absolute atomic E-state index is 0.189. The molecule has 2 aromatic heterocycles. The van der Waals surface area contributed by atoms with E-state index in [2.05, 4.69) is 11.3 Å². The predicted molar refractivity (Wildman–Crippen MR) is 83.7 cm³/mol. The first-order valence-corrected chi connectivity index (χ1v) is 7.63. The van der Waals surface area contributed by atoms with E-state index < -0.39 is 0 Å². The number of hydrogen-bond acceptors (Lipinski definition) is 1. The number of aryl methyl sites for hydroxylation is 1. The molecule has 0 aromatic carbocycles. The second-order valence-electron chi connectivity index (χ2n) is 5.26. The van der Waals surface area contributed by atoms with E-state index in [1.54, 1.807) is 0 Å². The van der Waals surface area contributed by atoms with Crippen molar-refractivity contribution >= 4 is 17.1 Å². The fourth-order valence-corrected chi connectivity index (χ4v) is 3.29. The molecule has 0 spiro atoms. The van der Waals surface area contributed by atoms with Crippen LogP contribution < -0.4 is 5.43 Å². The topological polar surface area (TPSA) is 21.5 Å². The second kappa shape index (κ2) is 5.45. The van der Waals surface area contributed by atoms with Crippen LogP contribution in [0.3, 0.4) is 0 Å². The van der Waals surface area contributed by atoms with E-state index in [1.807, 2.05) is 36.5 Å². The fourth-order valence-electron chi connectivity index (χ4n) is 2.95. The summed E-state index contributed by atoms with van der Waals surface area (Å²) in [6.07, 6.45) is 9.64. The highest BCUT2D eigenvalue weighted by Gasteiger charge is 2.22. The van der Waals surface area contributed by atoms with Gasteiger partial charge >= 0.3 is 0 Å². The van der Waals surface area contributed by atoms with Crippen molar-refractivity contribution in [3.05, 3.63) is 63.6 Å². The van der Waals surface area contributed by atoms with Gasteiger partial charge in [-0.25, -0.2) is 0 Å². The van der Waals surface area contributed by atoms with Crippen LogP contribution in [0.25, 0.3) is 5.52 Å². The van der Waals surface area contributed by atoms with Crippen molar-refractivity contribution in [1.29, 1.82) is 0 Å². The second-order valence-corrected chi connectivity index (χ2v) is 5.74. The van der Waals surface area contributed by atoms with Crippen molar-refractivity contribution in [3.8, 4) is 0 Å². The molecule has 2 aromatic rings. The van der Waals surface area contributed by atoms with Gasteiger partial charge in [-0.2, -0.15) is 0 Å². The van der Waals surface area contributed by atoms with Crippen LogP contribution >= 0.6 is 11.6 Å². The number of rotatable bonds is 3. The smallest absolute Gasteiger partial charge is 0.189 e. The van der Waals surface area contributed by atoms with E-state index in [4.69, 9.17) is 11.6 Å². The Morgan fingerprint density at radius 3 is 3.05 bits per heavy atom. The van der Waals surface area contributed by atoms with E-state index >= 15 is 0 Å². The van der Waals surface area contributed by atoms with Crippen molar-refractivity contribution in [2.75, 3.05) is 0 Å². The third-order valence-electron chi connectivity index (χ3n) is 3.95. The summed E-state index contributed by atoms with van der Waals surface area (Å²) in [7, 11) is 0. The number of unbranched alkanes of at least 4 members (excludes halogenated alkanes) is 1. The molecular formula is C17H18ClNO. The molecule has 1 aliphatic rings. The number of hydrogen-bond donors (Lipinski definition) is 0. The zero-order valence-corrected chi connectivity index (χ0v) is 12.4. The summed E-state index contributed by atoms with van der Waals surface area (Å²) >= 11 is 6.41. The van der Waals surface area contributed by atoms with Crippen LogP contribution in [0, 0.1) is 0 Å². The maximum absolute atomic E-state index is 12.8. The SMILES string of the molecule is CCCCc1c(=O)c2c(n3ccccc13)C(Cl)C=CC2. The molecule has 1 aliphatic carbocycles. The Bertz CT molecular complexity index is 730. The van der Waals surface area contributed by atoms with Crippen LogP contribution in [0.1, 0.15) is 42.0 Å². The van der Waals surface area contributed by atoms with Gasteiger partial charge in [0.2, 0.25) is 0 Å². The molecular weight excluding hydrogens is 270 g/mol. The van der Waals surface area contributed by atoms with Gasteiger partial charge in [0.25, 0.3) is 0 Å². The summed E-state index contributed by atoms with van der Waals surface area (Å²) in [6, 6.07) is 6.00. The minimum Gasteiger partial charge on any atom is -0.318 e. The first kappa shape index (κ1) is 13.4. The Balaban J connectivity index is 2.34. The molecule has 104 valence electrons. The minimum atomic E-state index is -0.221. The molecule has 1 unspecified atom stereocenters. The van der Waals surface area contributed by atoms with E-state index in [0.29, 0.717) is 6.42 Å². The van der Waals surface area contributed by atoms with Gasteiger partial charge in [0, 0.05) is 17.3 Å². The third kappa shape index (κ3) is 2.08. The lowest BCUT2D eigenvalue weighted by Crippen LogP contribution is -2.23. The first-order chi connectivity index (χ1) is 9.74. The quantitative estimate of drug-likeness (QED) is 0.617. The van der Waals surface area contributed by atoms with E-state index in [9.17, 15) is 4.79 Å². The number of halogens is 1. The molecule has 3 heteroatoms. The molecule has 0 amide bonds. The van der Waals surface area contributed by atoms with Crippen molar-refractivity contribution in [2.45, 2.75) is 38.0 Å². The summed E-state index contributed by atoms with van der Waals surface area (Å²) in [5.74, 6) is 0. The number of fused-ring (bicyclic) bond motifs is 3. The van der Waals surface area contributed by atoms with E-state index in [-0.39, 0.29) is 10.8 Å². The van der Waals surface area contributed by atoms with Crippen LogP contribution in [-0.2, 0) is 12.8 Å². The summed E-state index contributed by atoms with van der Waals surface area (Å²) in [5.41, 5.74) is 3.93. The van der Waals surface area contributed by atoms with Crippen molar-refractivity contribution in [3.63, 3.8) is 0 Å². The van der Waals surface area contributed by atoms with E-state index in [0.717, 1.165) is 41.6 Å². The molecule has 20 heavy (non-hydrogen) atoms. The first-order valence-electron chi connectivity index (χ1n) is 7.19. The van der Waals surface area contributed by atoms with Gasteiger partial charge < -0.3 is 4.40 Å². The highest BCUT2D eigenvalue weighted by Crippen LogP contribution is 2.30. The van der Waals surface area contributed by atoms with Crippen molar-refractivity contribution in [1.82, 2.24) is 4.40 Å². The number of alkyl halides is 1. The van der Waals surface area contributed by atoms with Crippen LogP contribution in [0.5, 0.6) is 0 Å². The highest BCUT2D eigenvalue weighted by molar-refractivity contribution is 6.22. The Kier molecular flexibility index (Phi) is 3.66. The summed E-state index contributed by atoms with van der Waals surface area (Å²) < 4.78 is 2.10.